The number of rotatable bonds is 11. The molecule has 40 heavy (non-hydrogen) atoms. The predicted octanol–water partition coefficient (Wildman–Crippen LogP) is 5.00. The highest BCUT2D eigenvalue weighted by molar-refractivity contribution is 8.76. The molecule has 0 aliphatic heterocycles. The molecule has 0 radical (unpaired) electrons. The van der Waals surface area contributed by atoms with Crippen molar-refractivity contribution >= 4 is 45.6 Å². The van der Waals surface area contributed by atoms with E-state index in [1.807, 2.05) is 24.3 Å². The Morgan fingerprint density at radius 3 is 1.15 bits per heavy atom. The Morgan fingerprint density at radius 2 is 0.850 bits per heavy atom. The third-order valence-corrected chi connectivity index (χ3v) is 7.04. The molecule has 2 aromatic rings. The zero-order valence-electron chi connectivity index (χ0n) is 23.7. The summed E-state index contributed by atoms with van der Waals surface area (Å²) < 4.78 is 10.3. The lowest BCUT2D eigenvalue weighted by Gasteiger charge is -2.19. The molecule has 0 aliphatic rings. The summed E-state index contributed by atoms with van der Waals surface area (Å²) in [5.74, 6) is -0.464. The van der Waals surface area contributed by atoms with Crippen LogP contribution in [0.4, 0.5) is 9.59 Å². The number of nitrogens with one attached hydrogen (secondary N) is 4. The Morgan fingerprint density at radius 1 is 0.550 bits per heavy atom. The predicted molar refractivity (Wildman–Crippen MR) is 158 cm³/mol. The van der Waals surface area contributed by atoms with Gasteiger partial charge >= 0.3 is 12.2 Å². The molecule has 0 bridgehead atoms. The molecule has 2 aromatic carbocycles. The van der Waals surface area contributed by atoms with E-state index in [2.05, 4.69) is 21.3 Å². The quantitative estimate of drug-likeness (QED) is 0.212. The minimum absolute atomic E-state index is 0.232. The van der Waals surface area contributed by atoms with Gasteiger partial charge in [-0.2, -0.15) is 0 Å². The van der Waals surface area contributed by atoms with Crippen LogP contribution in [0.3, 0.4) is 0 Å². The van der Waals surface area contributed by atoms with Crippen LogP contribution in [0, 0.1) is 0 Å². The smallest absolute Gasteiger partial charge is 0.407 e. The molecule has 0 aliphatic carbocycles. The molecule has 0 fully saturated rings. The van der Waals surface area contributed by atoms with Crippen LogP contribution < -0.4 is 21.3 Å². The van der Waals surface area contributed by atoms with Crippen LogP contribution in [-0.2, 0) is 9.47 Å². The van der Waals surface area contributed by atoms with Crippen molar-refractivity contribution in [3.63, 3.8) is 0 Å². The fourth-order valence-corrected chi connectivity index (χ4v) is 4.86. The highest BCUT2D eigenvalue weighted by atomic mass is 33.1. The van der Waals surface area contributed by atoms with Crippen molar-refractivity contribution in [3.8, 4) is 0 Å². The zero-order valence-corrected chi connectivity index (χ0v) is 25.3. The summed E-state index contributed by atoms with van der Waals surface area (Å²) in [5.41, 5.74) is -0.113. The average molecular weight is 591 g/mol. The summed E-state index contributed by atoms with van der Waals surface area (Å²) in [6, 6.07) is 14.4. The Bertz CT molecular complexity index is 1050. The van der Waals surface area contributed by atoms with E-state index in [4.69, 9.17) is 9.47 Å². The van der Waals surface area contributed by atoms with Crippen molar-refractivity contribution in [1.29, 1.82) is 0 Å². The fraction of sp³-hybridized carbons (Fsp3) is 0.429. The van der Waals surface area contributed by atoms with Crippen LogP contribution in [0.15, 0.2) is 58.3 Å². The number of hydrogen-bond donors (Lipinski definition) is 4. The molecule has 4 amide bonds. The molecule has 10 nitrogen and oxygen atoms in total. The van der Waals surface area contributed by atoms with E-state index in [9.17, 15) is 19.2 Å². The SMILES string of the molecule is CC(C)(C)OC(=O)NCCNC(=O)c1ccc(SSc2ccc(C(=O)NCCNC(=O)OC(C)(C)C)cc2)cc1. The molecule has 12 heteroatoms. The van der Waals surface area contributed by atoms with Crippen molar-refractivity contribution in [3.05, 3.63) is 59.7 Å². The maximum Gasteiger partial charge on any atom is 0.407 e. The number of amides is 4. The zero-order chi connectivity index (χ0) is 29.8. The summed E-state index contributed by atoms with van der Waals surface area (Å²) >= 11 is 0. The molecule has 0 saturated heterocycles. The molecule has 2 rings (SSSR count). The highest BCUT2D eigenvalue weighted by Gasteiger charge is 2.16. The molecule has 0 aromatic heterocycles. The molecule has 0 spiro atoms. The highest BCUT2D eigenvalue weighted by Crippen LogP contribution is 2.37. The molecular weight excluding hydrogens is 552 g/mol. The van der Waals surface area contributed by atoms with Crippen LogP contribution in [0.1, 0.15) is 62.3 Å². The molecule has 218 valence electrons. The van der Waals surface area contributed by atoms with E-state index in [-0.39, 0.29) is 38.0 Å². The van der Waals surface area contributed by atoms with Crippen molar-refractivity contribution < 1.29 is 28.7 Å². The molecule has 0 heterocycles. The van der Waals surface area contributed by atoms with Gasteiger partial charge in [-0.15, -0.1) is 0 Å². The fourth-order valence-electron chi connectivity index (χ4n) is 2.93. The summed E-state index contributed by atoms with van der Waals surface area (Å²) in [5, 5.41) is 10.7. The van der Waals surface area contributed by atoms with Crippen molar-refractivity contribution in [2.24, 2.45) is 0 Å². The first-order chi connectivity index (χ1) is 18.7. The Labute approximate surface area is 243 Å². The topological polar surface area (TPSA) is 135 Å². The maximum atomic E-state index is 12.3. The Balaban J connectivity index is 1.69. The first-order valence-corrected chi connectivity index (χ1v) is 14.9. The second-order valence-corrected chi connectivity index (χ2v) is 12.9. The summed E-state index contributed by atoms with van der Waals surface area (Å²) in [4.78, 5) is 49.9. The number of ether oxygens (including phenoxy) is 2. The first kappa shape index (κ1) is 32.8. The largest absolute Gasteiger partial charge is 0.444 e. The van der Waals surface area contributed by atoms with Crippen LogP contribution in [0.2, 0.25) is 0 Å². The van der Waals surface area contributed by atoms with Gasteiger partial charge < -0.3 is 30.7 Å². The van der Waals surface area contributed by atoms with E-state index in [0.29, 0.717) is 11.1 Å². The number of alkyl carbamates (subject to hydrolysis) is 2. The maximum absolute atomic E-state index is 12.3. The van der Waals surface area contributed by atoms with Crippen LogP contribution in [0.5, 0.6) is 0 Å². The monoisotopic (exact) mass is 590 g/mol. The van der Waals surface area contributed by atoms with Gasteiger partial charge in [-0.05, 0) is 90.1 Å². The van der Waals surface area contributed by atoms with Gasteiger partial charge in [-0.3, -0.25) is 9.59 Å². The lowest BCUT2D eigenvalue weighted by molar-refractivity contribution is 0.0516. The van der Waals surface area contributed by atoms with Gasteiger partial charge in [-0.25, -0.2) is 9.59 Å². The lowest BCUT2D eigenvalue weighted by Crippen LogP contribution is -2.37. The van der Waals surface area contributed by atoms with E-state index in [1.165, 1.54) is 21.6 Å². The minimum Gasteiger partial charge on any atom is -0.444 e. The van der Waals surface area contributed by atoms with Crippen molar-refractivity contribution in [1.82, 2.24) is 21.3 Å². The van der Waals surface area contributed by atoms with Gasteiger partial charge in [0.2, 0.25) is 0 Å². The van der Waals surface area contributed by atoms with E-state index in [1.54, 1.807) is 65.8 Å². The van der Waals surface area contributed by atoms with E-state index >= 15 is 0 Å². The second-order valence-electron chi connectivity index (χ2n) is 10.6. The summed E-state index contributed by atoms with van der Waals surface area (Å²) in [6.07, 6.45) is -1.05. The number of carbonyl (C=O) groups excluding carboxylic acids is 4. The van der Waals surface area contributed by atoms with Gasteiger partial charge in [-0.1, -0.05) is 21.6 Å². The summed E-state index contributed by atoms with van der Waals surface area (Å²) in [6.45, 7) is 11.8. The summed E-state index contributed by atoms with van der Waals surface area (Å²) in [7, 11) is 3.06. The van der Waals surface area contributed by atoms with Gasteiger partial charge in [0.05, 0.1) is 0 Å². The number of carbonyl (C=O) groups is 4. The third kappa shape index (κ3) is 13.6. The second kappa shape index (κ2) is 15.4. The Kier molecular flexibility index (Phi) is 12.7. The molecule has 0 unspecified atom stereocenters. The van der Waals surface area contributed by atoms with E-state index in [0.717, 1.165) is 9.79 Å². The minimum atomic E-state index is -0.574. The number of benzene rings is 2. The first-order valence-electron chi connectivity index (χ1n) is 12.8. The molecule has 4 N–H and O–H groups in total. The van der Waals surface area contributed by atoms with Crippen LogP contribution in [0.25, 0.3) is 0 Å². The van der Waals surface area contributed by atoms with Crippen LogP contribution in [-0.4, -0.2) is 61.4 Å². The molecular formula is C28H38N4O6S2. The van der Waals surface area contributed by atoms with E-state index < -0.39 is 23.4 Å². The van der Waals surface area contributed by atoms with Gasteiger partial charge in [0.25, 0.3) is 11.8 Å². The Hall–Kier alpha value is -3.38. The van der Waals surface area contributed by atoms with Crippen LogP contribution >= 0.6 is 21.6 Å². The van der Waals surface area contributed by atoms with Gasteiger partial charge in [0, 0.05) is 47.1 Å². The molecule has 0 saturated carbocycles. The normalized spacial score (nSPS) is 11.2. The van der Waals surface area contributed by atoms with Crippen molar-refractivity contribution in [2.75, 3.05) is 26.2 Å². The van der Waals surface area contributed by atoms with Gasteiger partial charge in [0.15, 0.2) is 0 Å². The lowest BCUT2D eigenvalue weighted by atomic mass is 10.2. The van der Waals surface area contributed by atoms with Gasteiger partial charge in [0.1, 0.15) is 11.2 Å². The van der Waals surface area contributed by atoms with Crippen molar-refractivity contribution in [2.45, 2.75) is 62.5 Å². The standard InChI is InChI=1S/C28H38N4O6S2/c1-27(2,3)37-25(35)31-17-15-29-23(33)19-7-11-21(12-8-19)39-40-22-13-9-20(10-14-22)24(34)30-16-18-32-26(36)38-28(4,5)6/h7-14H,15-18H2,1-6H3,(H,29,33)(H,30,34)(H,31,35)(H,32,36). The average Bonchev–Trinajstić information content (AvgIpc) is 2.86. The number of hydrogen-bond acceptors (Lipinski definition) is 8. The third-order valence-electron chi connectivity index (χ3n) is 4.62. The molecule has 0 atom stereocenters.